The molecule has 2 aromatic rings. The standard InChI is InChI=1S/C18H19BrN2O4/c1-4-25-17-14(19)9-12(10-16(17)24-3)11-20-21-18(22)13-7-5-6-8-15(13)23-2/h5-11H,4H2,1-3H3,(H,21,22)/b20-11+. The maximum atomic E-state index is 12.2. The topological polar surface area (TPSA) is 69.2 Å². The minimum Gasteiger partial charge on any atom is -0.496 e. The van der Waals surface area contributed by atoms with E-state index >= 15 is 0 Å². The third-order valence-corrected chi connectivity index (χ3v) is 3.86. The number of nitrogens with zero attached hydrogens (tertiary/aromatic N) is 1. The zero-order valence-corrected chi connectivity index (χ0v) is 15.8. The van der Waals surface area contributed by atoms with Gasteiger partial charge in [0.1, 0.15) is 5.75 Å². The van der Waals surface area contributed by atoms with E-state index in [1.54, 1.807) is 37.4 Å². The Bertz CT molecular complexity index is 778. The van der Waals surface area contributed by atoms with Crippen molar-refractivity contribution in [1.29, 1.82) is 0 Å². The molecule has 0 aliphatic rings. The quantitative estimate of drug-likeness (QED) is 0.562. The summed E-state index contributed by atoms with van der Waals surface area (Å²) in [6.45, 7) is 2.42. The van der Waals surface area contributed by atoms with Gasteiger partial charge < -0.3 is 14.2 Å². The summed E-state index contributed by atoms with van der Waals surface area (Å²) in [6, 6.07) is 10.5. The zero-order chi connectivity index (χ0) is 18.2. The van der Waals surface area contributed by atoms with Crippen LogP contribution in [-0.2, 0) is 0 Å². The van der Waals surface area contributed by atoms with Gasteiger partial charge in [0.15, 0.2) is 11.5 Å². The van der Waals surface area contributed by atoms with Crippen LogP contribution in [0.15, 0.2) is 46.0 Å². The molecule has 1 amide bonds. The molecular formula is C18H19BrN2O4. The molecule has 0 saturated heterocycles. The number of methoxy groups -OCH3 is 2. The highest BCUT2D eigenvalue weighted by Gasteiger charge is 2.12. The summed E-state index contributed by atoms with van der Waals surface area (Å²) in [5.74, 6) is 1.33. The van der Waals surface area contributed by atoms with Crippen molar-refractivity contribution in [3.8, 4) is 17.2 Å². The number of hydrazone groups is 1. The molecule has 6 nitrogen and oxygen atoms in total. The van der Waals surface area contributed by atoms with Gasteiger partial charge in [0.25, 0.3) is 5.91 Å². The monoisotopic (exact) mass is 406 g/mol. The van der Waals surface area contributed by atoms with Gasteiger partial charge in [-0.3, -0.25) is 4.79 Å². The van der Waals surface area contributed by atoms with Crippen molar-refractivity contribution in [1.82, 2.24) is 5.43 Å². The Hall–Kier alpha value is -2.54. The first-order valence-electron chi connectivity index (χ1n) is 7.57. The third-order valence-electron chi connectivity index (χ3n) is 3.27. The van der Waals surface area contributed by atoms with Crippen LogP contribution in [0.2, 0.25) is 0 Å². The van der Waals surface area contributed by atoms with E-state index in [1.807, 2.05) is 13.0 Å². The molecule has 0 fully saturated rings. The highest BCUT2D eigenvalue weighted by Crippen LogP contribution is 2.36. The van der Waals surface area contributed by atoms with Crippen molar-refractivity contribution < 1.29 is 19.0 Å². The fourth-order valence-corrected chi connectivity index (χ4v) is 2.73. The maximum Gasteiger partial charge on any atom is 0.275 e. The molecule has 1 N–H and O–H groups in total. The molecule has 2 aromatic carbocycles. The maximum absolute atomic E-state index is 12.2. The van der Waals surface area contributed by atoms with Gasteiger partial charge in [-0.2, -0.15) is 5.10 Å². The number of rotatable bonds is 7. The molecule has 132 valence electrons. The minimum absolute atomic E-state index is 0.356. The fourth-order valence-electron chi connectivity index (χ4n) is 2.16. The van der Waals surface area contributed by atoms with E-state index in [2.05, 4.69) is 26.5 Å². The summed E-state index contributed by atoms with van der Waals surface area (Å²) in [5, 5.41) is 3.99. The Morgan fingerprint density at radius 2 is 1.92 bits per heavy atom. The zero-order valence-electron chi connectivity index (χ0n) is 14.2. The molecule has 0 bridgehead atoms. The van der Waals surface area contributed by atoms with Crippen molar-refractivity contribution in [2.75, 3.05) is 20.8 Å². The van der Waals surface area contributed by atoms with Gasteiger partial charge in [0.05, 0.1) is 37.1 Å². The molecule has 25 heavy (non-hydrogen) atoms. The smallest absolute Gasteiger partial charge is 0.275 e. The van der Waals surface area contributed by atoms with Crippen LogP contribution < -0.4 is 19.6 Å². The number of halogens is 1. The number of carbonyl (C=O) groups excluding carboxylic acids is 1. The largest absolute Gasteiger partial charge is 0.496 e. The lowest BCUT2D eigenvalue weighted by molar-refractivity contribution is 0.0952. The summed E-state index contributed by atoms with van der Waals surface area (Å²) in [5.41, 5.74) is 3.63. The molecule has 0 saturated carbocycles. The van der Waals surface area contributed by atoms with Crippen LogP contribution in [0.5, 0.6) is 17.2 Å². The second-order valence-electron chi connectivity index (χ2n) is 4.87. The average Bonchev–Trinajstić information content (AvgIpc) is 2.63. The summed E-state index contributed by atoms with van der Waals surface area (Å²) in [7, 11) is 3.08. The van der Waals surface area contributed by atoms with Crippen molar-refractivity contribution >= 4 is 28.1 Å². The first-order chi connectivity index (χ1) is 12.1. The normalized spacial score (nSPS) is 10.6. The average molecular weight is 407 g/mol. The molecule has 7 heteroatoms. The Labute approximate surface area is 154 Å². The first-order valence-corrected chi connectivity index (χ1v) is 8.36. The molecule has 2 rings (SSSR count). The van der Waals surface area contributed by atoms with Crippen LogP contribution in [0, 0.1) is 0 Å². The number of benzene rings is 2. The molecule has 0 spiro atoms. The van der Waals surface area contributed by atoms with Crippen LogP contribution in [0.4, 0.5) is 0 Å². The van der Waals surface area contributed by atoms with E-state index in [1.165, 1.54) is 13.3 Å². The first kappa shape index (κ1) is 18.8. The van der Waals surface area contributed by atoms with Crippen LogP contribution in [0.3, 0.4) is 0 Å². The molecule has 0 aliphatic carbocycles. The second kappa shape index (κ2) is 9.08. The molecule has 0 unspecified atom stereocenters. The van der Waals surface area contributed by atoms with Crippen molar-refractivity contribution in [3.63, 3.8) is 0 Å². The number of amides is 1. The molecule has 0 aliphatic heterocycles. The molecule has 0 aromatic heterocycles. The predicted molar refractivity (Wildman–Crippen MR) is 99.9 cm³/mol. The Morgan fingerprint density at radius 3 is 2.60 bits per heavy atom. The van der Waals surface area contributed by atoms with Crippen molar-refractivity contribution in [2.45, 2.75) is 6.92 Å². The van der Waals surface area contributed by atoms with E-state index in [9.17, 15) is 4.79 Å². The Balaban J connectivity index is 2.14. The Kier molecular flexibility index (Phi) is 6.82. The van der Waals surface area contributed by atoms with Crippen LogP contribution in [-0.4, -0.2) is 32.9 Å². The van der Waals surface area contributed by atoms with E-state index < -0.39 is 0 Å². The van der Waals surface area contributed by atoms with Gasteiger partial charge in [-0.1, -0.05) is 12.1 Å². The van der Waals surface area contributed by atoms with E-state index in [4.69, 9.17) is 14.2 Å². The van der Waals surface area contributed by atoms with Gasteiger partial charge in [-0.15, -0.1) is 0 Å². The van der Waals surface area contributed by atoms with Crippen LogP contribution >= 0.6 is 15.9 Å². The predicted octanol–water partition coefficient (Wildman–Crippen LogP) is 3.63. The highest BCUT2D eigenvalue weighted by molar-refractivity contribution is 9.10. The summed E-state index contributed by atoms with van der Waals surface area (Å²) in [6.07, 6.45) is 1.52. The summed E-state index contributed by atoms with van der Waals surface area (Å²) >= 11 is 3.45. The van der Waals surface area contributed by atoms with E-state index in [-0.39, 0.29) is 5.91 Å². The number of para-hydroxylation sites is 1. The van der Waals surface area contributed by atoms with Gasteiger partial charge in [0, 0.05) is 0 Å². The molecule has 0 radical (unpaired) electrons. The van der Waals surface area contributed by atoms with Crippen LogP contribution in [0.1, 0.15) is 22.8 Å². The SMILES string of the molecule is CCOc1c(Br)cc(/C=N/NC(=O)c2ccccc2OC)cc1OC. The Morgan fingerprint density at radius 1 is 1.20 bits per heavy atom. The van der Waals surface area contributed by atoms with Crippen molar-refractivity contribution in [2.24, 2.45) is 5.10 Å². The molecular weight excluding hydrogens is 388 g/mol. The van der Waals surface area contributed by atoms with E-state index in [0.29, 0.717) is 29.4 Å². The van der Waals surface area contributed by atoms with Crippen LogP contribution in [0.25, 0.3) is 0 Å². The molecule has 0 atom stereocenters. The number of nitrogens with one attached hydrogen (secondary N) is 1. The molecule has 0 heterocycles. The lowest BCUT2D eigenvalue weighted by Gasteiger charge is -2.12. The van der Waals surface area contributed by atoms with Gasteiger partial charge >= 0.3 is 0 Å². The van der Waals surface area contributed by atoms with Gasteiger partial charge in [0.2, 0.25) is 0 Å². The van der Waals surface area contributed by atoms with E-state index in [0.717, 1.165) is 10.0 Å². The summed E-state index contributed by atoms with van der Waals surface area (Å²) in [4.78, 5) is 12.2. The lowest BCUT2D eigenvalue weighted by atomic mass is 10.2. The van der Waals surface area contributed by atoms with Gasteiger partial charge in [-0.05, 0) is 52.7 Å². The number of ether oxygens (including phenoxy) is 3. The number of hydrogen-bond acceptors (Lipinski definition) is 5. The lowest BCUT2D eigenvalue weighted by Crippen LogP contribution is -2.18. The van der Waals surface area contributed by atoms with Gasteiger partial charge in [-0.25, -0.2) is 5.43 Å². The third kappa shape index (κ3) is 4.73. The van der Waals surface area contributed by atoms with Crippen molar-refractivity contribution in [3.05, 3.63) is 52.0 Å². The second-order valence-corrected chi connectivity index (χ2v) is 5.72. The fraction of sp³-hybridized carbons (Fsp3) is 0.222. The summed E-state index contributed by atoms with van der Waals surface area (Å²) < 4.78 is 16.8. The number of carbonyl (C=O) groups is 1. The minimum atomic E-state index is -0.356. The number of hydrogen-bond donors (Lipinski definition) is 1. The highest BCUT2D eigenvalue weighted by atomic mass is 79.9.